The molecular weight excluding hydrogens is 692 g/mol. The van der Waals surface area contributed by atoms with Gasteiger partial charge in [-0.15, -0.1) is 0 Å². The van der Waals surface area contributed by atoms with Gasteiger partial charge in [-0.05, 0) is 88.0 Å². The van der Waals surface area contributed by atoms with Crippen molar-refractivity contribution in [3.63, 3.8) is 0 Å². The van der Waals surface area contributed by atoms with Crippen LogP contribution in [0.3, 0.4) is 0 Å². The van der Waals surface area contributed by atoms with Crippen molar-refractivity contribution in [1.29, 1.82) is 0 Å². The minimum Gasteiger partial charge on any atom is -0.466 e. The highest BCUT2D eigenvalue weighted by Crippen LogP contribution is 2.40. The number of rotatable bonds is 11. The van der Waals surface area contributed by atoms with E-state index in [-0.39, 0.29) is 66.0 Å². The van der Waals surface area contributed by atoms with E-state index in [9.17, 15) is 35.9 Å². The van der Waals surface area contributed by atoms with Gasteiger partial charge in [0.1, 0.15) is 0 Å². The molecule has 1 aliphatic carbocycles. The lowest BCUT2D eigenvalue weighted by Crippen LogP contribution is -2.58. The first-order chi connectivity index (χ1) is 24.7. The number of amides is 1. The number of carbonyl (C=O) groups excluding carboxylic acids is 2. The van der Waals surface area contributed by atoms with Crippen LogP contribution in [0.25, 0.3) is 0 Å². The summed E-state index contributed by atoms with van der Waals surface area (Å²) >= 11 is 0. The molecule has 0 bridgehead atoms. The topological polar surface area (TPSA) is 88.1 Å². The molecule has 2 aliphatic heterocycles. The summed E-state index contributed by atoms with van der Waals surface area (Å²) in [7, 11) is 0. The van der Waals surface area contributed by atoms with Crippen molar-refractivity contribution >= 4 is 23.5 Å². The average molecular weight is 742 g/mol. The van der Waals surface area contributed by atoms with E-state index in [1.807, 2.05) is 18.7 Å². The number of carbonyl (C=O) groups is 2. The average Bonchev–Trinajstić information content (AvgIpc) is 3.13. The van der Waals surface area contributed by atoms with Crippen LogP contribution in [-0.4, -0.2) is 77.8 Å². The summed E-state index contributed by atoms with van der Waals surface area (Å²) in [4.78, 5) is 41.2. The summed E-state index contributed by atoms with van der Waals surface area (Å²) in [6.45, 7) is 8.11. The third kappa shape index (κ3) is 9.67. The molecule has 2 saturated heterocycles. The van der Waals surface area contributed by atoms with E-state index in [1.54, 1.807) is 24.2 Å². The van der Waals surface area contributed by atoms with Crippen molar-refractivity contribution in [2.75, 3.05) is 42.7 Å². The number of nitrogens with zero attached hydrogens (tertiary/aromatic N) is 5. The smallest absolute Gasteiger partial charge is 0.416 e. The molecular formula is C37H49F6N5O4. The Morgan fingerprint density at radius 1 is 0.865 bits per heavy atom. The number of benzene rings is 1. The molecule has 9 nitrogen and oxygen atoms in total. The van der Waals surface area contributed by atoms with E-state index >= 15 is 0 Å². The third-order valence-electron chi connectivity index (χ3n) is 10.7. The Labute approximate surface area is 301 Å². The Morgan fingerprint density at radius 2 is 1.42 bits per heavy atom. The molecule has 288 valence electrons. The molecule has 0 radical (unpaired) electrons. The van der Waals surface area contributed by atoms with Crippen LogP contribution >= 0.6 is 0 Å². The summed E-state index contributed by atoms with van der Waals surface area (Å²) < 4.78 is 93.8. The number of alkyl halides is 6. The summed E-state index contributed by atoms with van der Waals surface area (Å²) in [5.74, 6) is 0.0285. The number of likely N-dealkylation sites (tertiary alicyclic amines) is 1. The lowest BCUT2D eigenvalue weighted by Gasteiger charge is -2.49. The van der Waals surface area contributed by atoms with Crippen molar-refractivity contribution in [2.45, 2.75) is 116 Å². The lowest BCUT2D eigenvalue weighted by molar-refractivity contribution is -0.146. The van der Waals surface area contributed by atoms with Gasteiger partial charge in [-0.25, -0.2) is 9.97 Å². The van der Waals surface area contributed by atoms with Gasteiger partial charge in [-0.1, -0.05) is 13.8 Å². The molecule has 1 amide bonds. The summed E-state index contributed by atoms with van der Waals surface area (Å²) in [5, 5.41) is 0. The zero-order valence-corrected chi connectivity index (χ0v) is 30.0. The van der Waals surface area contributed by atoms with Crippen molar-refractivity contribution in [2.24, 2.45) is 11.8 Å². The number of piperidine rings is 1. The van der Waals surface area contributed by atoms with Gasteiger partial charge < -0.3 is 24.2 Å². The molecule has 3 fully saturated rings. The largest absolute Gasteiger partial charge is 0.466 e. The van der Waals surface area contributed by atoms with E-state index < -0.39 is 23.5 Å². The van der Waals surface area contributed by atoms with Gasteiger partial charge in [0.25, 0.3) is 0 Å². The molecule has 1 aromatic heterocycles. The number of esters is 1. The minimum absolute atomic E-state index is 0.0668. The predicted molar refractivity (Wildman–Crippen MR) is 182 cm³/mol. The standard InChI is InChI=1S/C37H49F6N5O4/c1-4-29-19-31(20-30(5-2)48(29)34(50)26-9-7-24(8-10-26)17-33(49)52-6-3)47(35-44-21-32(22-45-35)46-11-13-51-14-12-46)23-25-15-27(36(38,39)40)18-28(16-25)37(41,42)43/h15-16,18,21-22,24,26,29-31H,4-14,17,19-20,23H2,1-3H3/t24?,26?,29-,30+,31?. The monoisotopic (exact) mass is 741 g/mol. The van der Waals surface area contributed by atoms with Crippen LogP contribution < -0.4 is 9.80 Å². The summed E-state index contributed by atoms with van der Waals surface area (Å²) in [6.07, 6.45) is -1.42. The van der Waals surface area contributed by atoms with Crippen molar-refractivity contribution in [1.82, 2.24) is 14.9 Å². The molecule has 1 unspecified atom stereocenters. The number of morpholine rings is 1. The number of hydrogen-bond donors (Lipinski definition) is 0. The fraction of sp³-hybridized carbons (Fsp3) is 0.676. The van der Waals surface area contributed by atoms with E-state index in [0.29, 0.717) is 77.9 Å². The first-order valence-electron chi connectivity index (χ1n) is 18.4. The molecule has 0 N–H and O–H groups in total. The van der Waals surface area contributed by atoms with Crippen LogP contribution in [0.4, 0.5) is 38.0 Å². The van der Waals surface area contributed by atoms with E-state index in [4.69, 9.17) is 9.47 Å². The number of halogens is 6. The SMILES string of the molecule is CCOC(=O)CC1CCC(C(=O)N2[C@H](CC)CC(N(Cc3cc(C(F)(F)F)cc(C(F)(F)F)c3)c3ncc(N4CCOCC4)cn3)C[C@@H]2CC)CC1. The number of anilines is 2. The minimum atomic E-state index is -4.98. The van der Waals surface area contributed by atoms with E-state index in [0.717, 1.165) is 30.7 Å². The molecule has 0 spiro atoms. The van der Waals surface area contributed by atoms with Crippen LogP contribution in [0.2, 0.25) is 0 Å². The number of ether oxygens (including phenoxy) is 2. The summed E-state index contributed by atoms with van der Waals surface area (Å²) in [6, 6.07) is 0.853. The molecule has 1 saturated carbocycles. The lowest BCUT2D eigenvalue weighted by atomic mass is 9.78. The zero-order valence-electron chi connectivity index (χ0n) is 30.0. The second-order valence-electron chi connectivity index (χ2n) is 14.1. The Bertz CT molecular complexity index is 1450. The predicted octanol–water partition coefficient (Wildman–Crippen LogP) is 7.67. The van der Waals surface area contributed by atoms with Gasteiger partial charge in [0.2, 0.25) is 11.9 Å². The van der Waals surface area contributed by atoms with Crippen LogP contribution in [0, 0.1) is 11.8 Å². The van der Waals surface area contributed by atoms with Gasteiger partial charge in [-0.3, -0.25) is 9.59 Å². The highest BCUT2D eigenvalue weighted by molar-refractivity contribution is 5.80. The zero-order chi connectivity index (χ0) is 37.6. The van der Waals surface area contributed by atoms with Crippen molar-refractivity contribution < 1.29 is 45.4 Å². The van der Waals surface area contributed by atoms with Crippen LogP contribution in [0.15, 0.2) is 30.6 Å². The molecule has 52 heavy (non-hydrogen) atoms. The first-order valence-corrected chi connectivity index (χ1v) is 18.4. The van der Waals surface area contributed by atoms with E-state index in [1.165, 1.54) is 0 Å². The number of hydrogen-bond acceptors (Lipinski definition) is 8. The van der Waals surface area contributed by atoms with E-state index in [2.05, 4.69) is 14.9 Å². The Balaban J connectivity index is 1.42. The fourth-order valence-electron chi connectivity index (χ4n) is 7.99. The summed E-state index contributed by atoms with van der Waals surface area (Å²) in [5.41, 5.74) is -2.19. The second kappa shape index (κ2) is 17.0. The first kappa shape index (κ1) is 39.6. The molecule has 5 rings (SSSR count). The Morgan fingerprint density at radius 3 is 1.92 bits per heavy atom. The van der Waals surface area contributed by atoms with Crippen LogP contribution in [0.1, 0.15) is 95.2 Å². The van der Waals surface area contributed by atoms with Crippen LogP contribution in [0.5, 0.6) is 0 Å². The van der Waals surface area contributed by atoms with Gasteiger partial charge in [-0.2, -0.15) is 26.3 Å². The Kier molecular flexibility index (Phi) is 13.0. The maximum absolute atomic E-state index is 14.2. The quantitative estimate of drug-likeness (QED) is 0.172. The maximum atomic E-state index is 14.2. The molecule has 15 heteroatoms. The molecule has 2 aromatic rings. The molecule has 3 heterocycles. The van der Waals surface area contributed by atoms with Gasteiger partial charge in [0, 0.05) is 50.1 Å². The highest BCUT2D eigenvalue weighted by Gasteiger charge is 2.43. The highest BCUT2D eigenvalue weighted by atomic mass is 19.4. The second-order valence-corrected chi connectivity index (χ2v) is 14.1. The van der Waals surface area contributed by atoms with Gasteiger partial charge in [0.05, 0.1) is 49.0 Å². The van der Waals surface area contributed by atoms with Gasteiger partial charge >= 0.3 is 18.3 Å². The maximum Gasteiger partial charge on any atom is 0.416 e. The third-order valence-corrected chi connectivity index (χ3v) is 10.7. The molecule has 3 aliphatic rings. The fourth-order valence-corrected chi connectivity index (χ4v) is 7.99. The van der Waals surface area contributed by atoms with Crippen molar-refractivity contribution in [3.05, 3.63) is 47.3 Å². The number of aromatic nitrogens is 2. The van der Waals surface area contributed by atoms with Gasteiger partial charge in [0.15, 0.2) is 0 Å². The molecule has 3 atom stereocenters. The normalized spacial score (nSPS) is 24.4. The Hall–Kier alpha value is -3.62. The van der Waals surface area contributed by atoms with Crippen molar-refractivity contribution in [3.8, 4) is 0 Å². The molecule has 1 aromatic carbocycles. The van der Waals surface area contributed by atoms with Crippen LogP contribution in [-0.2, 0) is 38.0 Å².